The van der Waals surface area contributed by atoms with Gasteiger partial charge in [-0.2, -0.15) is 0 Å². The van der Waals surface area contributed by atoms with Crippen LogP contribution in [0.1, 0.15) is 11.3 Å². The van der Waals surface area contributed by atoms with E-state index >= 15 is 0 Å². The molecule has 2 N–H and O–H groups in total. The smallest absolute Gasteiger partial charge is 0.133 e. The maximum absolute atomic E-state index is 5.43. The molecule has 0 aliphatic carbocycles. The average Bonchev–Trinajstić information content (AvgIpc) is 2.99. The lowest BCUT2D eigenvalue weighted by Crippen LogP contribution is -2.13. The third-order valence-corrected chi connectivity index (χ3v) is 3.33. The molecule has 0 aliphatic rings. The Morgan fingerprint density at radius 1 is 1.27 bits per heavy atom. The van der Waals surface area contributed by atoms with Gasteiger partial charge in [0, 0.05) is 23.7 Å². The lowest BCUT2D eigenvalue weighted by molar-refractivity contribution is 0.148. The van der Waals surface area contributed by atoms with Crippen molar-refractivity contribution >= 4 is 16.6 Å². The van der Waals surface area contributed by atoms with E-state index in [0.717, 1.165) is 34.4 Å². The predicted molar refractivity (Wildman–Crippen MR) is 88.1 cm³/mol. The van der Waals surface area contributed by atoms with Crippen molar-refractivity contribution in [2.75, 3.05) is 20.2 Å². The van der Waals surface area contributed by atoms with Crippen LogP contribution in [0, 0.1) is 0 Å². The van der Waals surface area contributed by atoms with Gasteiger partial charge in [-0.3, -0.25) is 4.98 Å². The van der Waals surface area contributed by atoms with E-state index in [1.54, 1.807) is 6.20 Å². The monoisotopic (exact) mass is 294 g/mol. The molecule has 5 heteroatoms. The van der Waals surface area contributed by atoms with Crippen molar-refractivity contribution in [1.82, 2.24) is 15.3 Å². The fraction of sp³-hybridized carbons (Fsp3) is 0.176. The number of hydrogen-bond acceptors (Lipinski definition) is 4. The quantitative estimate of drug-likeness (QED) is 0.417. The van der Waals surface area contributed by atoms with Crippen LogP contribution >= 0.6 is 0 Å². The SMILES string of the molecule is CNCCON=C(c1ccccc1)c1cc2ccncc2[nH]1. The fourth-order valence-electron chi connectivity index (χ4n) is 2.21. The zero-order valence-electron chi connectivity index (χ0n) is 12.4. The number of pyridine rings is 1. The number of benzene rings is 1. The Kier molecular flexibility index (Phi) is 4.46. The summed E-state index contributed by atoms with van der Waals surface area (Å²) in [4.78, 5) is 12.9. The molecule has 2 aromatic heterocycles. The second-order valence-corrected chi connectivity index (χ2v) is 4.89. The van der Waals surface area contributed by atoms with E-state index in [9.17, 15) is 0 Å². The molecule has 0 fully saturated rings. The first-order valence-corrected chi connectivity index (χ1v) is 7.21. The van der Waals surface area contributed by atoms with Crippen LogP contribution in [-0.4, -0.2) is 35.9 Å². The lowest BCUT2D eigenvalue weighted by atomic mass is 10.1. The summed E-state index contributed by atoms with van der Waals surface area (Å²) in [6, 6.07) is 14.0. The van der Waals surface area contributed by atoms with Crippen molar-refractivity contribution in [2.45, 2.75) is 0 Å². The van der Waals surface area contributed by atoms with Crippen LogP contribution in [0.3, 0.4) is 0 Å². The first-order valence-electron chi connectivity index (χ1n) is 7.21. The average molecular weight is 294 g/mol. The molecular formula is C17H18N4O. The van der Waals surface area contributed by atoms with Crippen molar-refractivity contribution < 1.29 is 4.84 Å². The Morgan fingerprint density at radius 2 is 2.14 bits per heavy atom. The highest BCUT2D eigenvalue weighted by molar-refractivity contribution is 6.13. The summed E-state index contributed by atoms with van der Waals surface area (Å²) in [7, 11) is 1.88. The molecule has 3 aromatic rings. The Morgan fingerprint density at radius 3 is 2.91 bits per heavy atom. The van der Waals surface area contributed by atoms with Crippen molar-refractivity contribution in [2.24, 2.45) is 5.16 Å². The number of hydrogen-bond donors (Lipinski definition) is 2. The predicted octanol–water partition coefficient (Wildman–Crippen LogP) is 2.55. The van der Waals surface area contributed by atoms with Gasteiger partial charge in [-0.15, -0.1) is 0 Å². The number of fused-ring (bicyclic) bond motifs is 1. The molecule has 1 aromatic carbocycles. The normalized spacial score (nSPS) is 11.8. The second-order valence-electron chi connectivity index (χ2n) is 4.89. The maximum atomic E-state index is 5.43. The zero-order chi connectivity index (χ0) is 15.2. The zero-order valence-corrected chi connectivity index (χ0v) is 12.4. The molecule has 0 saturated heterocycles. The number of nitrogens with one attached hydrogen (secondary N) is 2. The number of likely N-dealkylation sites (N-methyl/N-ethyl adjacent to an activating group) is 1. The topological polar surface area (TPSA) is 62.3 Å². The van der Waals surface area contributed by atoms with E-state index in [0.29, 0.717) is 6.61 Å². The van der Waals surface area contributed by atoms with Crippen LogP contribution in [0.5, 0.6) is 0 Å². The highest BCUT2D eigenvalue weighted by Gasteiger charge is 2.11. The number of H-pyrrole nitrogens is 1. The number of oxime groups is 1. The third kappa shape index (κ3) is 3.15. The molecule has 3 rings (SSSR count). The Balaban J connectivity index is 1.97. The number of nitrogens with zero attached hydrogens (tertiary/aromatic N) is 2. The minimum absolute atomic E-state index is 0.522. The molecule has 5 nitrogen and oxygen atoms in total. The molecule has 0 unspecified atom stereocenters. The molecule has 0 spiro atoms. The fourth-order valence-corrected chi connectivity index (χ4v) is 2.21. The van der Waals surface area contributed by atoms with Crippen LogP contribution < -0.4 is 5.32 Å². The molecule has 0 amide bonds. The maximum Gasteiger partial charge on any atom is 0.133 e. The summed E-state index contributed by atoms with van der Waals surface area (Å²) in [6.07, 6.45) is 3.59. The van der Waals surface area contributed by atoms with Gasteiger partial charge >= 0.3 is 0 Å². The van der Waals surface area contributed by atoms with E-state index in [2.05, 4.69) is 26.5 Å². The first kappa shape index (κ1) is 14.3. The molecule has 2 heterocycles. The summed E-state index contributed by atoms with van der Waals surface area (Å²) in [5.74, 6) is 0. The Hall–Kier alpha value is -2.66. The number of rotatable bonds is 6. The van der Waals surface area contributed by atoms with Gasteiger partial charge in [0.1, 0.15) is 12.3 Å². The summed E-state index contributed by atoms with van der Waals surface area (Å²) in [5, 5.41) is 8.45. The van der Waals surface area contributed by atoms with Crippen LogP contribution in [0.15, 0.2) is 60.0 Å². The van der Waals surface area contributed by atoms with Crippen LogP contribution in [0.4, 0.5) is 0 Å². The highest BCUT2D eigenvalue weighted by Crippen LogP contribution is 2.17. The van der Waals surface area contributed by atoms with Crippen molar-refractivity contribution in [3.05, 3.63) is 66.1 Å². The molecule has 0 radical (unpaired) electrons. The van der Waals surface area contributed by atoms with E-state index in [1.165, 1.54) is 0 Å². The van der Waals surface area contributed by atoms with Crippen molar-refractivity contribution in [1.29, 1.82) is 0 Å². The van der Waals surface area contributed by atoms with E-state index in [1.807, 2.05) is 49.6 Å². The van der Waals surface area contributed by atoms with Gasteiger partial charge in [0.2, 0.25) is 0 Å². The van der Waals surface area contributed by atoms with Gasteiger partial charge < -0.3 is 15.1 Å². The van der Waals surface area contributed by atoms with Crippen molar-refractivity contribution in [3.63, 3.8) is 0 Å². The highest BCUT2D eigenvalue weighted by atomic mass is 16.6. The van der Waals surface area contributed by atoms with Gasteiger partial charge in [-0.05, 0) is 19.2 Å². The molecule has 0 aliphatic heterocycles. The van der Waals surface area contributed by atoms with Crippen LogP contribution in [-0.2, 0) is 4.84 Å². The molecule has 0 atom stereocenters. The van der Waals surface area contributed by atoms with Gasteiger partial charge in [0.25, 0.3) is 0 Å². The largest absolute Gasteiger partial charge is 0.394 e. The molecule has 22 heavy (non-hydrogen) atoms. The summed E-state index contributed by atoms with van der Waals surface area (Å²) in [5.41, 5.74) is 3.69. The van der Waals surface area contributed by atoms with E-state index in [4.69, 9.17) is 4.84 Å². The number of aromatic nitrogens is 2. The Bertz CT molecular complexity index is 731. The summed E-state index contributed by atoms with van der Waals surface area (Å²) < 4.78 is 0. The standard InChI is InChI=1S/C17H18N4O/c1-18-9-10-22-21-17(13-5-3-2-4-6-13)15-11-14-7-8-19-12-16(14)20-15/h2-8,11-12,18,20H,9-10H2,1H3. The molecular weight excluding hydrogens is 276 g/mol. The van der Waals surface area contributed by atoms with Gasteiger partial charge in [-0.1, -0.05) is 35.5 Å². The van der Waals surface area contributed by atoms with Crippen LogP contribution in [0.25, 0.3) is 10.9 Å². The van der Waals surface area contributed by atoms with Gasteiger partial charge in [-0.25, -0.2) is 0 Å². The van der Waals surface area contributed by atoms with E-state index < -0.39 is 0 Å². The lowest BCUT2D eigenvalue weighted by Gasteiger charge is -2.05. The second kappa shape index (κ2) is 6.87. The minimum Gasteiger partial charge on any atom is -0.394 e. The summed E-state index contributed by atoms with van der Waals surface area (Å²) >= 11 is 0. The van der Waals surface area contributed by atoms with Gasteiger partial charge in [0.05, 0.1) is 17.4 Å². The van der Waals surface area contributed by atoms with Gasteiger partial charge in [0.15, 0.2) is 0 Å². The minimum atomic E-state index is 0.522. The van der Waals surface area contributed by atoms with E-state index in [-0.39, 0.29) is 0 Å². The summed E-state index contributed by atoms with van der Waals surface area (Å²) in [6.45, 7) is 1.27. The first-order chi connectivity index (χ1) is 10.9. The van der Waals surface area contributed by atoms with Crippen LogP contribution in [0.2, 0.25) is 0 Å². The molecule has 0 saturated carbocycles. The molecule has 112 valence electrons. The third-order valence-electron chi connectivity index (χ3n) is 3.33. The molecule has 0 bridgehead atoms. The number of aromatic amines is 1. The van der Waals surface area contributed by atoms with Crippen molar-refractivity contribution in [3.8, 4) is 0 Å². The Labute approximate surface area is 129 Å².